The van der Waals surface area contributed by atoms with Gasteiger partial charge in [-0.2, -0.15) is 0 Å². The van der Waals surface area contributed by atoms with Gasteiger partial charge < -0.3 is 0 Å². The van der Waals surface area contributed by atoms with Crippen LogP contribution >= 0.6 is 0 Å². The fourth-order valence-electron chi connectivity index (χ4n) is 0.467. The van der Waals surface area contributed by atoms with Crippen molar-refractivity contribution in [1.29, 1.82) is 0 Å². The summed E-state index contributed by atoms with van der Waals surface area (Å²) in [5.41, 5.74) is 0.787. The van der Waals surface area contributed by atoms with Crippen LogP contribution in [0.25, 0.3) is 0 Å². The summed E-state index contributed by atoms with van der Waals surface area (Å²) in [6, 6.07) is 0. The first-order valence-corrected chi connectivity index (χ1v) is 2.25. The van der Waals surface area contributed by atoms with Crippen molar-refractivity contribution in [2.75, 3.05) is 0 Å². The molecule has 0 aliphatic carbocycles. The summed E-state index contributed by atoms with van der Waals surface area (Å²) in [5.74, 6) is -0.195. The molecule has 0 saturated carbocycles. The molecule has 1 aliphatic rings. The van der Waals surface area contributed by atoms with Gasteiger partial charge in [0.15, 0.2) is 0 Å². The van der Waals surface area contributed by atoms with Gasteiger partial charge in [-0.15, -0.1) is 0 Å². The fourth-order valence-corrected chi connectivity index (χ4v) is 0.467. The smallest absolute Gasteiger partial charge is 0.267 e. The number of carbonyl (C=O) groups excluding carboxylic acids is 1. The van der Waals surface area contributed by atoms with Crippen molar-refractivity contribution in [3.8, 4) is 0 Å². The third kappa shape index (κ3) is 0.729. The first-order chi connectivity index (χ1) is 3.83. The quantitative estimate of drug-likeness (QED) is 0.485. The van der Waals surface area contributed by atoms with E-state index in [1.54, 1.807) is 6.08 Å². The Balaban J connectivity index is 2.87. The van der Waals surface area contributed by atoms with Crippen molar-refractivity contribution >= 4 is 12.1 Å². The zero-order valence-corrected chi connectivity index (χ0v) is 4.29. The van der Waals surface area contributed by atoms with Crippen LogP contribution in [0.1, 0.15) is 0 Å². The van der Waals surface area contributed by atoms with E-state index in [-0.39, 0.29) is 5.91 Å². The number of hydrogen-bond acceptors (Lipinski definition) is 1. The van der Waals surface area contributed by atoms with Crippen molar-refractivity contribution in [3.05, 3.63) is 24.3 Å². The first kappa shape index (κ1) is 4.97. The first-order valence-electron chi connectivity index (χ1n) is 2.25. The minimum Gasteiger partial charge on any atom is -0.267 e. The van der Waals surface area contributed by atoms with Crippen LogP contribution in [0.4, 0.5) is 0 Å². The van der Waals surface area contributed by atoms with Crippen molar-refractivity contribution in [2.45, 2.75) is 0 Å². The maximum Gasteiger partial charge on any atom is 0.270 e. The highest BCUT2D eigenvalue weighted by atomic mass is 16.1. The SMILES string of the molecule is C=CC1=CC(=O)N=C1. The molecule has 0 aromatic carbocycles. The Morgan fingerprint density at radius 3 is 2.75 bits per heavy atom. The highest BCUT2D eigenvalue weighted by molar-refractivity contribution is 6.07. The average molecular weight is 107 g/mol. The molecule has 1 amide bonds. The highest BCUT2D eigenvalue weighted by Crippen LogP contribution is 1.99. The molecule has 0 bridgehead atoms. The molecule has 0 spiro atoms. The summed E-state index contributed by atoms with van der Waals surface area (Å²) in [6.07, 6.45) is 4.52. The maximum absolute atomic E-state index is 10.3. The van der Waals surface area contributed by atoms with E-state index in [1.807, 2.05) is 0 Å². The van der Waals surface area contributed by atoms with E-state index < -0.39 is 0 Å². The molecule has 0 N–H and O–H groups in total. The lowest BCUT2D eigenvalue weighted by molar-refractivity contribution is -0.113. The van der Waals surface area contributed by atoms with Crippen molar-refractivity contribution in [1.82, 2.24) is 0 Å². The molecular formula is C6H5NO. The summed E-state index contributed by atoms with van der Waals surface area (Å²) in [4.78, 5) is 13.8. The molecule has 1 heterocycles. The van der Waals surface area contributed by atoms with Crippen molar-refractivity contribution in [3.63, 3.8) is 0 Å². The van der Waals surface area contributed by atoms with Gasteiger partial charge in [0.05, 0.1) is 0 Å². The lowest BCUT2D eigenvalue weighted by Crippen LogP contribution is -1.76. The second kappa shape index (κ2) is 1.74. The molecule has 1 aliphatic heterocycles. The molecule has 2 heteroatoms. The maximum atomic E-state index is 10.3. The molecule has 0 fully saturated rings. The van der Waals surface area contributed by atoms with Gasteiger partial charge in [-0.3, -0.25) is 4.79 Å². The number of rotatable bonds is 1. The number of nitrogens with zero attached hydrogens (tertiary/aromatic N) is 1. The summed E-state index contributed by atoms with van der Waals surface area (Å²) in [7, 11) is 0. The number of carbonyl (C=O) groups is 1. The minimum atomic E-state index is -0.195. The lowest BCUT2D eigenvalue weighted by Gasteiger charge is -1.73. The number of amides is 1. The second-order valence-corrected chi connectivity index (χ2v) is 1.44. The highest BCUT2D eigenvalue weighted by Gasteiger charge is 2.00. The van der Waals surface area contributed by atoms with Gasteiger partial charge in [-0.25, -0.2) is 4.99 Å². The van der Waals surface area contributed by atoms with Crippen LogP contribution in [0.5, 0.6) is 0 Å². The average Bonchev–Trinajstić information content (AvgIpc) is 2.14. The minimum absolute atomic E-state index is 0.195. The zero-order chi connectivity index (χ0) is 5.98. The second-order valence-electron chi connectivity index (χ2n) is 1.44. The molecule has 0 saturated heterocycles. The monoisotopic (exact) mass is 107 g/mol. The molecule has 0 aromatic heterocycles. The van der Waals surface area contributed by atoms with Gasteiger partial charge in [0.2, 0.25) is 0 Å². The molecule has 8 heavy (non-hydrogen) atoms. The zero-order valence-electron chi connectivity index (χ0n) is 4.29. The standard InChI is InChI=1S/C6H5NO/c1-2-5-3-6(8)7-4-5/h2-4H,1H2. The van der Waals surface area contributed by atoms with Crippen LogP contribution in [0.15, 0.2) is 29.3 Å². The third-order valence-corrected chi connectivity index (χ3v) is 0.867. The summed E-state index contributed by atoms with van der Waals surface area (Å²) in [5, 5.41) is 0. The Morgan fingerprint density at radius 1 is 1.75 bits per heavy atom. The summed E-state index contributed by atoms with van der Waals surface area (Å²) >= 11 is 0. The molecule has 0 aromatic rings. The third-order valence-electron chi connectivity index (χ3n) is 0.867. The Kier molecular flexibility index (Phi) is 1.08. The Morgan fingerprint density at radius 2 is 2.50 bits per heavy atom. The lowest BCUT2D eigenvalue weighted by atomic mass is 10.3. The van der Waals surface area contributed by atoms with Crippen LogP contribution in [-0.2, 0) is 4.79 Å². The summed E-state index contributed by atoms with van der Waals surface area (Å²) in [6.45, 7) is 3.47. The Hall–Kier alpha value is -1.18. The van der Waals surface area contributed by atoms with Crippen molar-refractivity contribution in [2.24, 2.45) is 4.99 Å². The van der Waals surface area contributed by atoms with Gasteiger partial charge in [0.1, 0.15) is 0 Å². The molecule has 2 nitrogen and oxygen atoms in total. The molecule has 0 unspecified atom stereocenters. The molecule has 0 atom stereocenters. The van der Waals surface area contributed by atoms with Gasteiger partial charge in [0.25, 0.3) is 5.91 Å². The fraction of sp³-hybridized carbons (Fsp3) is 0. The van der Waals surface area contributed by atoms with Gasteiger partial charge in [0, 0.05) is 12.3 Å². The largest absolute Gasteiger partial charge is 0.270 e. The Labute approximate surface area is 47.2 Å². The molecular weight excluding hydrogens is 102 g/mol. The normalized spacial score (nSPS) is 16.5. The van der Waals surface area contributed by atoms with Crippen LogP contribution in [-0.4, -0.2) is 12.1 Å². The Bertz CT molecular complexity index is 189. The van der Waals surface area contributed by atoms with Crippen LogP contribution < -0.4 is 0 Å². The number of allylic oxidation sites excluding steroid dienone is 2. The van der Waals surface area contributed by atoms with E-state index in [1.165, 1.54) is 12.3 Å². The molecule has 0 radical (unpaired) electrons. The van der Waals surface area contributed by atoms with Gasteiger partial charge >= 0.3 is 0 Å². The van der Waals surface area contributed by atoms with E-state index >= 15 is 0 Å². The summed E-state index contributed by atoms with van der Waals surface area (Å²) < 4.78 is 0. The van der Waals surface area contributed by atoms with Crippen LogP contribution in [0.3, 0.4) is 0 Å². The van der Waals surface area contributed by atoms with E-state index in [9.17, 15) is 4.79 Å². The molecule has 40 valence electrons. The van der Waals surface area contributed by atoms with Crippen LogP contribution in [0, 0.1) is 0 Å². The van der Waals surface area contributed by atoms with Crippen molar-refractivity contribution < 1.29 is 4.79 Å². The number of hydrogen-bond donors (Lipinski definition) is 0. The van der Waals surface area contributed by atoms with Crippen LogP contribution in [0.2, 0.25) is 0 Å². The van der Waals surface area contributed by atoms with E-state index in [0.29, 0.717) is 0 Å². The van der Waals surface area contributed by atoms with E-state index in [2.05, 4.69) is 11.6 Å². The number of aliphatic imine (C=N–C) groups is 1. The van der Waals surface area contributed by atoms with Gasteiger partial charge in [-0.1, -0.05) is 12.7 Å². The van der Waals surface area contributed by atoms with E-state index in [4.69, 9.17) is 0 Å². The topological polar surface area (TPSA) is 29.4 Å². The predicted octanol–water partition coefficient (Wildman–Crippen LogP) is 0.710. The van der Waals surface area contributed by atoms with E-state index in [0.717, 1.165) is 5.57 Å². The molecule has 1 rings (SSSR count). The van der Waals surface area contributed by atoms with Gasteiger partial charge in [-0.05, 0) is 5.57 Å². The predicted molar refractivity (Wildman–Crippen MR) is 31.8 cm³/mol.